The van der Waals surface area contributed by atoms with Gasteiger partial charge < -0.3 is 15.1 Å². The molecule has 1 unspecified atom stereocenters. The van der Waals surface area contributed by atoms with E-state index in [4.69, 9.17) is 5.11 Å². The number of piperazine rings is 1. The minimum atomic E-state index is -0.868. The van der Waals surface area contributed by atoms with Crippen LogP contribution in [-0.4, -0.2) is 69.1 Å². The van der Waals surface area contributed by atoms with Crippen molar-refractivity contribution in [2.24, 2.45) is 0 Å². The van der Waals surface area contributed by atoms with Gasteiger partial charge in [-0.25, -0.2) is 4.98 Å². The minimum absolute atomic E-state index is 0.0345. The molecule has 1 atom stereocenters. The molecule has 20 heavy (non-hydrogen) atoms. The minimum Gasteiger partial charge on any atom is -0.505 e. The van der Waals surface area contributed by atoms with Crippen LogP contribution in [0.3, 0.4) is 0 Å². The van der Waals surface area contributed by atoms with Crippen LogP contribution in [0, 0.1) is 0 Å². The standard InChI is InChI=1S/C13H17N3O4/c1-9(13(19)20)15-5-7-16(8-6-15)12(18)11-10(17)3-2-4-14-11/h2-4,9,17H,5-8H2,1H3,(H,19,20). The Hall–Kier alpha value is -2.15. The Morgan fingerprint density at radius 1 is 1.30 bits per heavy atom. The SMILES string of the molecule is CC(C(=O)O)N1CCN(C(=O)c2ncccc2O)CC1. The van der Waals surface area contributed by atoms with Crippen molar-refractivity contribution in [3.8, 4) is 5.75 Å². The summed E-state index contributed by atoms with van der Waals surface area (Å²) >= 11 is 0. The third-order valence-corrected chi connectivity index (χ3v) is 3.50. The number of aromatic hydroxyl groups is 1. The molecule has 108 valence electrons. The van der Waals surface area contributed by atoms with Crippen molar-refractivity contribution in [3.63, 3.8) is 0 Å². The number of carbonyl (C=O) groups is 2. The molecule has 0 saturated carbocycles. The van der Waals surface area contributed by atoms with Crippen molar-refractivity contribution in [1.29, 1.82) is 0 Å². The zero-order chi connectivity index (χ0) is 14.7. The molecule has 0 radical (unpaired) electrons. The molecule has 1 aromatic heterocycles. The zero-order valence-electron chi connectivity index (χ0n) is 11.2. The lowest BCUT2D eigenvalue weighted by Gasteiger charge is -2.36. The van der Waals surface area contributed by atoms with E-state index >= 15 is 0 Å². The summed E-state index contributed by atoms with van der Waals surface area (Å²) in [5, 5.41) is 18.6. The molecule has 2 rings (SSSR count). The predicted octanol–water partition coefficient (Wildman–Crippen LogP) is 0.0181. The number of amides is 1. The Bertz CT molecular complexity index is 512. The van der Waals surface area contributed by atoms with Crippen LogP contribution in [0.5, 0.6) is 5.75 Å². The second-order valence-electron chi connectivity index (χ2n) is 4.71. The average molecular weight is 279 g/mol. The predicted molar refractivity (Wildman–Crippen MR) is 70.5 cm³/mol. The number of hydrogen-bond donors (Lipinski definition) is 2. The largest absolute Gasteiger partial charge is 0.505 e. The van der Waals surface area contributed by atoms with Crippen LogP contribution in [0.25, 0.3) is 0 Å². The lowest BCUT2D eigenvalue weighted by atomic mass is 10.2. The first kappa shape index (κ1) is 14.3. The molecule has 2 N–H and O–H groups in total. The van der Waals surface area contributed by atoms with Crippen molar-refractivity contribution >= 4 is 11.9 Å². The fourth-order valence-corrected chi connectivity index (χ4v) is 2.18. The molecule has 1 aromatic rings. The highest BCUT2D eigenvalue weighted by Gasteiger charge is 2.28. The summed E-state index contributed by atoms with van der Waals surface area (Å²) in [6, 6.07) is 2.41. The van der Waals surface area contributed by atoms with Gasteiger partial charge in [0.05, 0.1) is 0 Å². The van der Waals surface area contributed by atoms with Gasteiger partial charge in [0.15, 0.2) is 5.69 Å². The summed E-state index contributed by atoms with van der Waals surface area (Å²) in [6.45, 7) is 3.46. The highest BCUT2D eigenvalue weighted by atomic mass is 16.4. The number of pyridine rings is 1. The molecule has 7 nitrogen and oxygen atoms in total. The van der Waals surface area contributed by atoms with E-state index < -0.39 is 12.0 Å². The molecule has 0 spiro atoms. The topological polar surface area (TPSA) is 94.0 Å². The summed E-state index contributed by atoms with van der Waals surface area (Å²) in [7, 11) is 0. The van der Waals surface area contributed by atoms with Crippen LogP contribution in [0.15, 0.2) is 18.3 Å². The van der Waals surface area contributed by atoms with E-state index in [9.17, 15) is 14.7 Å². The van der Waals surface area contributed by atoms with Gasteiger partial charge in [0.2, 0.25) is 0 Å². The van der Waals surface area contributed by atoms with E-state index in [1.54, 1.807) is 17.9 Å². The molecule has 1 saturated heterocycles. The Kier molecular flexibility index (Phi) is 4.19. The van der Waals surface area contributed by atoms with E-state index in [0.29, 0.717) is 26.2 Å². The van der Waals surface area contributed by atoms with E-state index in [1.165, 1.54) is 12.3 Å². The molecular weight excluding hydrogens is 262 g/mol. The van der Waals surface area contributed by atoms with Gasteiger partial charge in [-0.3, -0.25) is 14.5 Å². The summed E-state index contributed by atoms with van der Waals surface area (Å²) in [6.07, 6.45) is 1.45. The molecular formula is C13H17N3O4. The van der Waals surface area contributed by atoms with Gasteiger partial charge in [0.25, 0.3) is 5.91 Å². The molecule has 0 aliphatic carbocycles. The van der Waals surface area contributed by atoms with E-state index in [0.717, 1.165) is 0 Å². The van der Waals surface area contributed by atoms with E-state index in [-0.39, 0.29) is 17.4 Å². The monoisotopic (exact) mass is 279 g/mol. The Labute approximate surface area is 116 Å². The smallest absolute Gasteiger partial charge is 0.320 e. The first-order valence-electron chi connectivity index (χ1n) is 6.41. The lowest BCUT2D eigenvalue weighted by Crippen LogP contribution is -2.53. The fraction of sp³-hybridized carbons (Fsp3) is 0.462. The highest BCUT2D eigenvalue weighted by Crippen LogP contribution is 2.16. The highest BCUT2D eigenvalue weighted by molar-refractivity contribution is 5.94. The van der Waals surface area contributed by atoms with Crippen LogP contribution in [0.2, 0.25) is 0 Å². The van der Waals surface area contributed by atoms with Crippen molar-refractivity contribution in [2.75, 3.05) is 26.2 Å². The summed E-state index contributed by atoms with van der Waals surface area (Å²) in [4.78, 5) is 30.4. The number of aromatic nitrogens is 1. The number of carboxylic acids is 1. The first-order valence-corrected chi connectivity index (χ1v) is 6.41. The number of aliphatic carboxylic acids is 1. The Morgan fingerprint density at radius 2 is 1.95 bits per heavy atom. The summed E-state index contributed by atoms with van der Waals surface area (Å²) in [5.74, 6) is -1.34. The molecule has 7 heteroatoms. The molecule has 0 bridgehead atoms. The van der Waals surface area contributed by atoms with Crippen molar-refractivity contribution in [2.45, 2.75) is 13.0 Å². The van der Waals surface area contributed by atoms with Crippen LogP contribution in [0.4, 0.5) is 0 Å². The second-order valence-corrected chi connectivity index (χ2v) is 4.71. The van der Waals surface area contributed by atoms with Crippen molar-refractivity contribution < 1.29 is 19.8 Å². The van der Waals surface area contributed by atoms with Crippen LogP contribution < -0.4 is 0 Å². The molecule has 1 fully saturated rings. The fourth-order valence-electron chi connectivity index (χ4n) is 2.18. The number of rotatable bonds is 3. The van der Waals surface area contributed by atoms with Crippen molar-refractivity contribution in [3.05, 3.63) is 24.0 Å². The maximum atomic E-state index is 12.2. The van der Waals surface area contributed by atoms with Gasteiger partial charge in [0.1, 0.15) is 11.8 Å². The Balaban J connectivity index is 1.99. The van der Waals surface area contributed by atoms with Crippen LogP contribution >= 0.6 is 0 Å². The maximum Gasteiger partial charge on any atom is 0.320 e. The molecule has 1 aliphatic rings. The molecule has 0 aromatic carbocycles. The quantitative estimate of drug-likeness (QED) is 0.810. The van der Waals surface area contributed by atoms with Crippen molar-refractivity contribution in [1.82, 2.24) is 14.8 Å². The summed E-state index contributed by atoms with van der Waals surface area (Å²) in [5.41, 5.74) is 0.0345. The third kappa shape index (κ3) is 2.88. The van der Waals surface area contributed by atoms with Crippen LogP contribution in [-0.2, 0) is 4.79 Å². The van der Waals surface area contributed by atoms with Gasteiger partial charge in [-0.1, -0.05) is 0 Å². The summed E-state index contributed by atoms with van der Waals surface area (Å²) < 4.78 is 0. The van der Waals surface area contributed by atoms with Crippen LogP contribution in [0.1, 0.15) is 17.4 Å². The zero-order valence-corrected chi connectivity index (χ0v) is 11.2. The third-order valence-electron chi connectivity index (χ3n) is 3.50. The average Bonchev–Trinajstić information content (AvgIpc) is 2.46. The lowest BCUT2D eigenvalue weighted by molar-refractivity contribution is -0.143. The van der Waals surface area contributed by atoms with Gasteiger partial charge in [0, 0.05) is 32.4 Å². The van der Waals surface area contributed by atoms with Gasteiger partial charge in [-0.2, -0.15) is 0 Å². The second kappa shape index (κ2) is 5.87. The van der Waals surface area contributed by atoms with E-state index in [1.807, 2.05) is 4.90 Å². The number of hydrogen-bond acceptors (Lipinski definition) is 5. The number of carboxylic acid groups (broad SMARTS) is 1. The van der Waals surface area contributed by atoms with E-state index in [2.05, 4.69) is 4.98 Å². The number of nitrogens with zero attached hydrogens (tertiary/aromatic N) is 3. The molecule has 1 amide bonds. The van der Waals surface area contributed by atoms with Gasteiger partial charge in [-0.15, -0.1) is 0 Å². The normalized spacial score (nSPS) is 17.8. The molecule has 1 aliphatic heterocycles. The van der Waals surface area contributed by atoms with Gasteiger partial charge >= 0.3 is 5.97 Å². The van der Waals surface area contributed by atoms with Gasteiger partial charge in [-0.05, 0) is 19.1 Å². The first-order chi connectivity index (χ1) is 9.50. The Morgan fingerprint density at radius 3 is 2.50 bits per heavy atom. The molecule has 2 heterocycles. The number of carbonyl (C=O) groups excluding carboxylic acids is 1. The maximum absolute atomic E-state index is 12.2.